The molecular weight excluding hydrogens is 414 g/mol. The van der Waals surface area contributed by atoms with Gasteiger partial charge in [-0.05, 0) is 43.2 Å². The van der Waals surface area contributed by atoms with E-state index in [4.69, 9.17) is 16.3 Å². The maximum absolute atomic E-state index is 13.0. The van der Waals surface area contributed by atoms with Crippen molar-refractivity contribution in [3.05, 3.63) is 34.9 Å². The quantitative estimate of drug-likeness (QED) is 0.701. The number of piperidine rings is 2. The van der Waals surface area contributed by atoms with Crippen LogP contribution in [0.2, 0.25) is 5.02 Å². The molecule has 0 saturated carbocycles. The predicted octanol–water partition coefficient (Wildman–Crippen LogP) is 2.27. The van der Waals surface area contributed by atoms with Crippen LogP contribution in [-0.2, 0) is 26.3 Å². The predicted molar refractivity (Wildman–Crippen MR) is 113 cm³/mol. The van der Waals surface area contributed by atoms with Crippen molar-refractivity contribution in [3.8, 4) is 0 Å². The van der Waals surface area contributed by atoms with Gasteiger partial charge in [-0.3, -0.25) is 4.79 Å². The van der Waals surface area contributed by atoms with Gasteiger partial charge in [0.15, 0.2) is 0 Å². The van der Waals surface area contributed by atoms with Crippen molar-refractivity contribution in [2.75, 3.05) is 39.9 Å². The first-order valence-corrected chi connectivity index (χ1v) is 11.9. The molecule has 2 fully saturated rings. The summed E-state index contributed by atoms with van der Waals surface area (Å²) >= 11 is 6.13. The van der Waals surface area contributed by atoms with Crippen LogP contribution in [0.4, 0.5) is 0 Å². The van der Waals surface area contributed by atoms with Gasteiger partial charge in [-0.2, -0.15) is 17.0 Å². The monoisotopic (exact) mass is 443 g/mol. The summed E-state index contributed by atoms with van der Waals surface area (Å²) in [4.78, 5) is 12.5. The number of ether oxygens (including phenoxy) is 1. The first kappa shape index (κ1) is 22.5. The fourth-order valence-electron chi connectivity index (χ4n) is 4.09. The Morgan fingerprint density at radius 2 is 1.90 bits per heavy atom. The van der Waals surface area contributed by atoms with E-state index in [0.29, 0.717) is 57.2 Å². The third-order valence-corrected chi connectivity index (χ3v) is 8.14. The van der Waals surface area contributed by atoms with Gasteiger partial charge in [0, 0.05) is 50.8 Å². The Morgan fingerprint density at radius 3 is 2.59 bits per heavy atom. The summed E-state index contributed by atoms with van der Waals surface area (Å²) in [7, 11) is -1.84. The summed E-state index contributed by atoms with van der Waals surface area (Å²) in [5.41, 5.74) is 0.873. The fourth-order valence-corrected chi connectivity index (χ4v) is 6.05. The minimum Gasteiger partial charge on any atom is -0.384 e. The number of benzene rings is 1. The van der Waals surface area contributed by atoms with Crippen molar-refractivity contribution < 1.29 is 17.9 Å². The van der Waals surface area contributed by atoms with Gasteiger partial charge in [-0.25, -0.2) is 0 Å². The minimum atomic E-state index is -3.48. The first-order chi connectivity index (χ1) is 13.9. The summed E-state index contributed by atoms with van der Waals surface area (Å²) in [6.07, 6.45) is 2.91. The Hall–Kier alpha value is -1.19. The molecular formula is C20H30ClN3O4S. The van der Waals surface area contributed by atoms with E-state index in [9.17, 15) is 13.2 Å². The van der Waals surface area contributed by atoms with Gasteiger partial charge in [-0.15, -0.1) is 0 Å². The first-order valence-electron chi connectivity index (χ1n) is 10.2. The zero-order valence-electron chi connectivity index (χ0n) is 16.8. The van der Waals surface area contributed by atoms with E-state index in [0.717, 1.165) is 18.4 Å². The molecule has 7 nitrogen and oxygen atoms in total. The molecule has 0 aliphatic carbocycles. The Kier molecular flexibility index (Phi) is 7.92. The molecule has 0 radical (unpaired) electrons. The third kappa shape index (κ3) is 5.70. The van der Waals surface area contributed by atoms with E-state index in [1.165, 1.54) is 4.31 Å². The SMILES string of the molecule is COCC1CCCN(S(=O)(=O)N2CCC(C(=O)NCc3ccccc3Cl)CC2)C1. The van der Waals surface area contributed by atoms with Crippen LogP contribution >= 0.6 is 11.6 Å². The van der Waals surface area contributed by atoms with Gasteiger partial charge in [0.1, 0.15) is 0 Å². The Labute approximate surface area is 178 Å². The number of carbonyl (C=O) groups is 1. The van der Waals surface area contributed by atoms with Crippen LogP contribution in [-0.4, -0.2) is 62.8 Å². The summed E-state index contributed by atoms with van der Waals surface area (Å²) in [6, 6.07) is 7.41. The number of rotatable bonds is 7. The van der Waals surface area contributed by atoms with Crippen LogP contribution in [0.5, 0.6) is 0 Å². The molecule has 1 aromatic rings. The number of nitrogens with zero attached hydrogens (tertiary/aromatic N) is 2. The molecule has 0 bridgehead atoms. The standard InChI is InChI=1S/C20H30ClN3O4S/c1-28-15-16-5-4-10-24(14-16)29(26,27)23-11-8-17(9-12-23)20(25)22-13-18-6-2-3-7-19(18)21/h2-3,6-7,16-17H,4-5,8-15H2,1H3,(H,22,25). The maximum atomic E-state index is 13.0. The number of hydrogen-bond donors (Lipinski definition) is 1. The summed E-state index contributed by atoms with van der Waals surface area (Å²) in [5, 5.41) is 3.56. The Balaban J connectivity index is 1.50. The summed E-state index contributed by atoms with van der Waals surface area (Å²) in [5.74, 6) is 0.0308. The topological polar surface area (TPSA) is 79.0 Å². The lowest BCUT2D eigenvalue weighted by molar-refractivity contribution is -0.126. The second kappa shape index (κ2) is 10.2. The lowest BCUT2D eigenvalue weighted by Gasteiger charge is -2.37. The van der Waals surface area contributed by atoms with E-state index < -0.39 is 10.2 Å². The molecule has 1 atom stereocenters. The molecule has 1 unspecified atom stereocenters. The Bertz CT molecular complexity index is 795. The molecule has 2 aliphatic heterocycles. The highest BCUT2D eigenvalue weighted by atomic mass is 35.5. The van der Waals surface area contributed by atoms with Crippen LogP contribution in [0.1, 0.15) is 31.2 Å². The van der Waals surface area contributed by atoms with E-state index in [1.807, 2.05) is 18.2 Å². The van der Waals surface area contributed by atoms with Gasteiger partial charge in [0.2, 0.25) is 5.91 Å². The molecule has 1 amide bonds. The van der Waals surface area contributed by atoms with E-state index in [-0.39, 0.29) is 17.7 Å². The van der Waals surface area contributed by atoms with Gasteiger partial charge >= 0.3 is 0 Å². The van der Waals surface area contributed by atoms with E-state index in [1.54, 1.807) is 17.5 Å². The van der Waals surface area contributed by atoms with Gasteiger partial charge in [0.05, 0.1) is 6.61 Å². The highest BCUT2D eigenvalue weighted by Crippen LogP contribution is 2.26. The van der Waals surface area contributed by atoms with Gasteiger partial charge < -0.3 is 10.1 Å². The molecule has 0 spiro atoms. The van der Waals surface area contributed by atoms with Crippen LogP contribution in [0, 0.1) is 11.8 Å². The van der Waals surface area contributed by atoms with Gasteiger partial charge in [-0.1, -0.05) is 29.8 Å². The molecule has 162 valence electrons. The van der Waals surface area contributed by atoms with E-state index >= 15 is 0 Å². The minimum absolute atomic E-state index is 0.0416. The molecule has 0 aromatic heterocycles. The number of carbonyl (C=O) groups excluding carboxylic acids is 1. The van der Waals surface area contributed by atoms with Crippen LogP contribution < -0.4 is 5.32 Å². The van der Waals surface area contributed by atoms with Crippen molar-refractivity contribution in [2.45, 2.75) is 32.2 Å². The average molecular weight is 444 g/mol. The molecule has 3 rings (SSSR count). The number of hydrogen-bond acceptors (Lipinski definition) is 4. The third-order valence-electron chi connectivity index (χ3n) is 5.77. The molecule has 1 aromatic carbocycles. The molecule has 2 heterocycles. The highest BCUT2D eigenvalue weighted by molar-refractivity contribution is 7.86. The molecule has 2 aliphatic rings. The largest absolute Gasteiger partial charge is 0.384 e. The Morgan fingerprint density at radius 1 is 1.17 bits per heavy atom. The second-order valence-corrected chi connectivity index (χ2v) is 10.1. The molecule has 2 saturated heterocycles. The highest BCUT2D eigenvalue weighted by Gasteiger charge is 2.36. The number of halogens is 1. The fraction of sp³-hybridized carbons (Fsp3) is 0.650. The van der Waals surface area contributed by atoms with Crippen molar-refractivity contribution in [1.29, 1.82) is 0 Å². The normalized spacial score (nSPS) is 22.5. The average Bonchev–Trinajstić information content (AvgIpc) is 2.73. The summed E-state index contributed by atoms with van der Waals surface area (Å²) < 4.78 is 34.3. The summed E-state index contributed by atoms with van der Waals surface area (Å²) in [6.45, 7) is 2.77. The number of amides is 1. The molecule has 9 heteroatoms. The lowest BCUT2D eigenvalue weighted by atomic mass is 9.97. The smallest absolute Gasteiger partial charge is 0.281 e. The zero-order valence-corrected chi connectivity index (χ0v) is 18.4. The van der Waals surface area contributed by atoms with Crippen molar-refractivity contribution in [3.63, 3.8) is 0 Å². The van der Waals surface area contributed by atoms with Crippen molar-refractivity contribution >= 4 is 27.7 Å². The van der Waals surface area contributed by atoms with Gasteiger partial charge in [0.25, 0.3) is 10.2 Å². The van der Waals surface area contributed by atoms with Crippen LogP contribution in [0.25, 0.3) is 0 Å². The number of nitrogens with one attached hydrogen (secondary N) is 1. The lowest BCUT2D eigenvalue weighted by Crippen LogP contribution is -2.51. The molecule has 29 heavy (non-hydrogen) atoms. The van der Waals surface area contributed by atoms with Crippen LogP contribution in [0.15, 0.2) is 24.3 Å². The molecule has 1 N–H and O–H groups in total. The van der Waals surface area contributed by atoms with Crippen molar-refractivity contribution in [2.24, 2.45) is 11.8 Å². The van der Waals surface area contributed by atoms with Crippen LogP contribution in [0.3, 0.4) is 0 Å². The maximum Gasteiger partial charge on any atom is 0.281 e. The zero-order chi connectivity index (χ0) is 20.9. The van der Waals surface area contributed by atoms with Crippen molar-refractivity contribution in [1.82, 2.24) is 13.9 Å². The van der Waals surface area contributed by atoms with E-state index in [2.05, 4.69) is 5.32 Å². The second-order valence-electron chi connectivity index (χ2n) is 7.81. The number of methoxy groups -OCH3 is 1.